The quantitative estimate of drug-likeness (QED) is 0.227. The molecule has 0 atom stereocenters. The third-order valence-electron chi connectivity index (χ3n) is 4.32. The van der Waals surface area contributed by atoms with E-state index in [1.54, 1.807) is 0 Å². The lowest BCUT2D eigenvalue weighted by molar-refractivity contribution is -0.124. The van der Waals surface area contributed by atoms with Gasteiger partial charge in [0, 0.05) is 13.6 Å². The number of aromatic amines is 1. The second-order valence-corrected chi connectivity index (χ2v) is 6.41. The molecular formula is C19H26IN7O2. The van der Waals surface area contributed by atoms with Gasteiger partial charge in [-0.3, -0.25) is 14.7 Å². The Morgan fingerprint density at radius 3 is 2.72 bits per heavy atom. The number of aliphatic imine (C=N–C) groups is 1. The lowest BCUT2D eigenvalue weighted by atomic mass is 10.2. The zero-order valence-electron chi connectivity index (χ0n) is 16.5. The minimum Gasteiger partial charge on any atom is -0.357 e. The number of benzene rings is 1. The standard InChI is InChI=1S/C19H25N7O2.HI/c1-3-20-18(21-9-10-26-17(27)12-23-19(26)28)25(2)13-16-22-11-15(24-16)14-7-5-4-6-8-14;/h4-8,11H,3,9-10,12-13H2,1-2H3,(H,20,21)(H,22,24)(H,23,28);1H. The molecule has 0 aliphatic carbocycles. The van der Waals surface area contributed by atoms with Crippen LogP contribution in [0.15, 0.2) is 41.5 Å². The minimum atomic E-state index is -0.359. The van der Waals surface area contributed by atoms with Gasteiger partial charge >= 0.3 is 6.03 Å². The maximum Gasteiger partial charge on any atom is 0.324 e. The van der Waals surface area contributed by atoms with E-state index >= 15 is 0 Å². The molecule has 0 saturated carbocycles. The van der Waals surface area contributed by atoms with Gasteiger partial charge in [0.25, 0.3) is 0 Å². The first-order valence-corrected chi connectivity index (χ1v) is 9.25. The monoisotopic (exact) mass is 511 g/mol. The molecule has 1 aromatic heterocycles. The van der Waals surface area contributed by atoms with Crippen molar-refractivity contribution in [3.63, 3.8) is 0 Å². The van der Waals surface area contributed by atoms with Crippen molar-refractivity contribution in [1.82, 2.24) is 30.4 Å². The maximum absolute atomic E-state index is 11.6. The molecule has 0 bridgehead atoms. The number of rotatable bonds is 7. The van der Waals surface area contributed by atoms with Gasteiger partial charge in [-0.2, -0.15) is 0 Å². The van der Waals surface area contributed by atoms with Crippen molar-refractivity contribution in [2.75, 3.05) is 33.2 Å². The summed E-state index contributed by atoms with van der Waals surface area (Å²) in [7, 11) is 1.92. The Hall–Kier alpha value is -2.63. The van der Waals surface area contributed by atoms with Crippen molar-refractivity contribution in [1.29, 1.82) is 0 Å². The number of imide groups is 1. The van der Waals surface area contributed by atoms with Crippen LogP contribution in [0.1, 0.15) is 12.7 Å². The number of carbonyl (C=O) groups excluding carboxylic acids is 2. The van der Waals surface area contributed by atoms with E-state index in [1.165, 1.54) is 4.90 Å². The third-order valence-corrected chi connectivity index (χ3v) is 4.32. The van der Waals surface area contributed by atoms with Crippen LogP contribution in [0, 0.1) is 0 Å². The summed E-state index contributed by atoms with van der Waals surface area (Å²) in [4.78, 5) is 38.7. The molecule has 0 unspecified atom stereocenters. The first-order chi connectivity index (χ1) is 13.6. The van der Waals surface area contributed by atoms with E-state index in [9.17, 15) is 9.59 Å². The van der Waals surface area contributed by atoms with Gasteiger partial charge in [0.2, 0.25) is 5.91 Å². The average molecular weight is 511 g/mol. The smallest absolute Gasteiger partial charge is 0.324 e. The topological polar surface area (TPSA) is 106 Å². The Balaban J connectivity index is 0.00000300. The number of H-pyrrole nitrogens is 1. The Labute approximate surface area is 187 Å². The van der Waals surface area contributed by atoms with Crippen LogP contribution in [-0.4, -0.2) is 70.9 Å². The number of hydrogen-bond donors (Lipinski definition) is 3. The summed E-state index contributed by atoms with van der Waals surface area (Å²) in [5.41, 5.74) is 2.04. The number of hydrogen-bond acceptors (Lipinski definition) is 4. The molecule has 29 heavy (non-hydrogen) atoms. The highest BCUT2D eigenvalue weighted by atomic mass is 127. The number of guanidine groups is 1. The van der Waals surface area contributed by atoms with Crippen molar-refractivity contribution in [2.24, 2.45) is 4.99 Å². The Bertz CT molecular complexity index is 837. The maximum atomic E-state index is 11.6. The van der Waals surface area contributed by atoms with E-state index in [1.807, 2.05) is 55.4 Å². The normalized spacial score (nSPS) is 13.9. The number of nitrogens with zero attached hydrogens (tertiary/aromatic N) is 4. The third kappa shape index (κ3) is 5.92. The molecule has 1 fully saturated rings. The molecule has 1 aliphatic rings. The fraction of sp³-hybridized carbons (Fsp3) is 0.368. The van der Waals surface area contributed by atoms with E-state index < -0.39 is 0 Å². The van der Waals surface area contributed by atoms with Crippen LogP contribution >= 0.6 is 24.0 Å². The molecule has 1 aliphatic heterocycles. The second-order valence-electron chi connectivity index (χ2n) is 6.41. The molecule has 3 rings (SSSR count). The highest BCUT2D eigenvalue weighted by molar-refractivity contribution is 14.0. The van der Waals surface area contributed by atoms with Crippen molar-refractivity contribution in [2.45, 2.75) is 13.5 Å². The predicted molar refractivity (Wildman–Crippen MR) is 122 cm³/mol. The molecule has 3 amide bonds. The number of halogens is 1. The van der Waals surface area contributed by atoms with E-state index in [0.717, 1.165) is 17.1 Å². The van der Waals surface area contributed by atoms with Crippen LogP contribution in [0.4, 0.5) is 4.79 Å². The fourth-order valence-electron chi connectivity index (χ4n) is 2.91. The molecule has 156 valence electrons. The molecule has 1 aromatic carbocycles. The van der Waals surface area contributed by atoms with Gasteiger partial charge in [-0.25, -0.2) is 9.78 Å². The highest BCUT2D eigenvalue weighted by Gasteiger charge is 2.27. The molecule has 2 aromatic rings. The van der Waals surface area contributed by atoms with Gasteiger partial charge in [-0.15, -0.1) is 24.0 Å². The number of aromatic nitrogens is 2. The summed E-state index contributed by atoms with van der Waals surface area (Å²) in [6.45, 7) is 3.89. The van der Waals surface area contributed by atoms with Crippen molar-refractivity contribution in [3.8, 4) is 11.3 Å². The summed E-state index contributed by atoms with van der Waals surface area (Å²) in [6, 6.07) is 9.66. The summed E-state index contributed by atoms with van der Waals surface area (Å²) in [6.07, 6.45) is 1.82. The Kier molecular flexibility index (Phi) is 8.43. The summed E-state index contributed by atoms with van der Waals surface area (Å²) >= 11 is 0. The van der Waals surface area contributed by atoms with Crippen LogP contribution in [-0.2, 0) is 11.3 Å². The van der Waals surface area contributed by atoms with Gasteiger partial charge in [-0.1, -0.05) is 30.3 Å². The van der Waals surface area contributed by atoms with Crippen molar-refractivity contribution in [3.05, 3.63) is 42.4 Å². The number of urea groups is 1. The molecule has 1 saturated heterocycles. The van der Waals surface area contributed by atoms with Gasteiger partial charge in [-0.05, 0) is 12.5 Å². The van der Waals surface area contributed by atoms with Gasteiger partial charge in [0.15, 0.2) is 5.96 Å². The number of imidazole rings is 1. The van der Waals surface area contributed by atoms with E-state index in [4.69, 9.17) is 0 Å². The number of amides is 3. The molecule has 10 heteroatoms. The first-order valence-electron chi connectivity index (χ1n) is 9.25. The van der Waals surface area contributed by atoms with E-state index in [-0.39, 0.29) is 49.0 Å². The molecule has 2 heterocycles. The van der Waals surface area contributed by atoms with Crippen molar-refractivity contribution < 1.29 is 9.59 Å². The number of carbonyl (C=O) groups is 2. The number of nitrogens with one attached hydrogen (secondary N) is 3. The van der Waals surface area contributed by atoms with Gasteiger partial charge in [0.1, 0.15) is 5.82 Å². The molecule has 9 nitrogen and oxygen atoms in total. The summed E-state index contributed by atoms with van der Waals surface area (Å²) < 4.78 is 0. The van der Waals surface area contributed by atoms with E-state index in [0.29, 0.717) is 25.6 Å². The van der Waals surface area contributed by atoms with Crippen LogP contribution < -0.4 is 10.6 Å². The molecular weight excluding hydrogens is 485 g/mol. The van der Waals surface area contributed by atoms with Crippen LogP contribution in [0.5, 0.6) is 0 Å². The lowest BCUT2D eigenvalue weighted by Gasteiger charge is -2.21. The largest absolute Gasteiger partial charge is 0.357 e. The average Bonchev–Trinajstić information content (AvgIpc) is 3.29. The van der Waals surface area contributed by atoms with E-state index in [2.05, 4.69) is 25.6 Å². The van der Waals surface area contributed by atoms with Crippen molar-refractivity contribution >= 4 is 41.9 Å². The molecule has 0 radical (unpaired) electrons. The summed E-state index contributed by atoms with van der Waals surface area (Å²) in [5.74, 6) is 1.29. The minimum absolute atomic E-state index is 0. The molecule has 0 spiro atoms. The summed E-state index contributed by atoms with van der Waals surface area (Å²) in [5, 5.41) is 5.72. The molecule has 3 N–H and O–H groups in total. The van der Waals surface area contributed by atoms with Crippen LogP contribution in [0.3, 0.4) is 0 Å². The van der Waals surface area contributed by atoms with Gasteiger partial charge in [0.05, 0.1) is 38.1 Å². The van der Waals surface area contributed by atoms with Gasteiger partial charge < -0.3 is 20.5 Å². The Morgan fingerprint density at radius 1 is 1.31 bits per heavy atom. The zero-order chi connectivity index (χ0) is 19.9. The SMILES string of the molecule is CCNC(=NCCN1C(=O)CNC1=O)N(C)Cc1ncc(-c2ccccc2)[nH]1.I. The Morgan fingerprint density at radius 2 is 2.07 bits per heavy atom. The highest BCUT2D eigenvalue weighted by Crippen LogP contribution is 2.16. The van der Waals surface area contributed by atoms with Crippen LogP contribution in [0.25, 0.3) is 11.3 Å². The predicted octanol–water partition coefficient (Wildman–Crippen LogP) is 1.64. The zero-order valence-corrected chi connectivity index (χ0v) is 18.8. The lowest BCUT2D eigenvalue weighted by Crippen LogP contribution is -2.40. The fourth-order valence-corrected chi connectivity index (χ4v) is 2.91. The first kappa shape index (κ1) is 22.7. The van der Waals surface area contributed by atoms with Crippen LogP contribution in [0.2, 0.25) is 0 Å². The second kappa shape index (κ2) is 10.8.